The lowest BCUT2D eigenvalue weighted by Gasteiger charge is -2.21. The molecule has 1 amide bonds. The smallest absolute Gasteiger partial charge is 0.347 e. The maximum atomic E-state index is 12.4. The fourth-order valence-corrected chi connectivity index (χ4v) is 4.52. The molecule has 1 aromatic rings. The van der Waals surface area contributed by atoms with Crippen molar-refractivity contribution in [1.82, 2.24) is 9.21 Å². The van der Waals surface area contributed by atoms with Gasteiger partial charge in [-0.25, -0.2) is 13.2 Å². The third-order valence-corrected chi connectivity index (χ3v) is 6.21. The average Bonchev–Trinajstić information content (AvgIpc) is 3.09. The molecule has 7 nitrogen and oxygen atoms in total. The second-order valence-electron chi connectivity index (χ2n) is 4.77. The lowest BCUT2D eigenvalue weighted by atomic mass is 10.4. The van der Waals surface area contributed by atoms with E-state index in [0.29, 0.717) is 13.1 Å². The standard InChI is InChI=1S/C12H16N2O5S2/c1-13(8-10(15)14-5-2-3-6-14)21(18,19)9-4-7-20-11(9)12(16)17/h4,7H,2-3,5-6,8H2,1H3,(H,16,17). The third-order valence-electron chi connectivity index (χ3n) is 3.33. The van der Waals surface area contributed by atoms with Gasteiger partial charge in [0.05, 0.1) is 6.54 Å². The van der Waals surface area contributed by atoms with Crippen LogP contribution in [0.1, 0.15) is 22.5 Å². The number of carbonyl (C=O) groups excluding carboxylic acids is 1. The summed E-state index contributed by atoms with van der Waals surface area (Å²) in [6.45, 7) is 1.01. The predicted octanol–water partition coefficient (Wildman–Crippen LogP) is 0.689. The van der Waals surface area contributed by atoms with Crippen LogP contribution in [0.15, 0.2) is 16.3 Å². The number of thiophene rings is 1. The summed E-state index contributed by atoms with van der Waals surface area (Å²) in [5.41, 5.74) is 0. The van der Waals surface area contributed by atoms with Crippen LogP contribution in [0.2, 0.25) is 0 Å². The van der Waals surface area contributed by atoms with E-state index in [1.54, 1.807) is 4.90 Å². The van der Waals surface area contributed by atoms with Crippen molar-refractivity contribution < 1.29 is 23.1 Å². The second-order valence-corrected chi connectivity index (χ2v) is 7.70. The van der Waals surface area contributed by atoms with E-state index in [0.717, 1.165) is 28.5 Å². The number of carbonyl (C=O) groups is 2. The van der Waals surface area contributed by atoms with E-state index < -0.39 is 16.0 Å². The monoisotopic (exact) mass is 332 g/mol. The molecule has 1 aliphatic heterocycles. The van der Waals surface area contributed by atoms with Gasteiger partial charge in [-0.05, 0) is 24.3 Å². The van der Waals surface area contributed by atoms with Gasteiger partial charge in [-0.1, -0.05) is 0 Å². The van der Waals surface area contributed by atoms with Crippen LogP contribution in [0.3, 0.4) is 0 Å². The normalized spacial score (nSPS) is 15.6. The van der Waals surface area contributed by atoms with E-state index in [4.69, 9.17) is 5.11 Å². The van der Waals surface area contributed by atoms with E-state index in [9.17, 15) is 18.0 Å². The SMILES string of the molecule is CN(CC(=O)N1CCCC1)S(=O)(=O)c1ccsc1C(=O)O. The molecule has 1 saturated heterocycles. The number of amides is 1. The maximum Gasteiger partial charge on any atom is 0.347 e. The Morgan fingerprint density at radius 3 is 2.57 bits per heavy atom. The first-order valence-electron chi connectivity index (χ1n) is 6.39. The van der Waals surface area contributed by atoms with Crippen molar-refractivity contribution in [3.8, 4) is 0 Å². The van der Waals surface area contributed by atoms with Gasteiger partial charge in [-0.15, -0.1) is 11.3 Å². The van der Waals surface area contributed by atoms with Crippen molar-refractivity contribution in [3.05, 3.63) is 16.3 Å². The summed E-state index contributed by atoms with van der Waals surface area (Å²) < 4.78 is 25.6. The van der Waals surface area contributed by atoms with Gasteiger partial charge in [0.15, 0.2) is 0 Å². The first kappa shape index (κ1) is 15.9. The minimum Gasteiger partial charge on any atom is -0.477 e. The van der Waals surface area contributed by atoms with Crippen molar-refractivity contribution in [3.63, 3.8) is 0 Å². The zero-order valence-corrected chi connectivity index (χ0v) is 13.1. The lowest BCUT2D eigenvalue weighted by Crippen LogP contribution is -2.40. The zero-order valence-electron chi connectivity index (χ0n) is 11.5. The van der Waals surface area contributed by atoms with Gasteiger partial charge >= 0.3 is 5.97 Å². The number of carboxylic acid groups (broad SMARTS) is 1. The third kappa shape index (κ3) is 3.25. The first-order chi connectivity index (χ1) is 9.84. The molecule has 2 rings (SSSR count). The van der Waals surface area contributed by atoms with Gasteiger partial charge < -0.3 is 10.0 Å². The Hall–Kier alpha value is -1.45. The molecule has 1 fully saturated rings. The van der Waals surface area contributed by atoms with Crippen molar-refractivity contribution >= 4 is 33.2 Å². The highest BCUT2D eigenvalue weighted by molar-refractivity contribution is 7.89. The number of likely N-dealkylation sites (N-methyl/N-ethyl adjacent to an activating group) is 1. The predicted molar refractivity (Wildman–Crippen MR) is 76.9 cm³/mol. The highest BCUT2D eigenvalue weighted by atomic mass is 32.2. The number of rotatable bonds is 5. The van der Waals surface area contributed by atoms with Crippen LogP contribution in [-0.2, 0) is 14.8 Å². The summed E-state index contributed by atoms with van der Waals surface area (Å²) in [5.74, 6) is -1.55. The molecule has 21 heavy (non-hydrogen) atoms. The van der Waals surface area contributed by atoms with Gasteiger partial charge in [-0.3, -0.25) is 4.79 Å². The van der Waals surface area contributed by atoms with Crippen molar-refractivity contribution in [1.29, 1.82) is 0 Å². The minimum absolute atomic E-state index is 0.240. The molecule has 1 aliphatic rings. The molecule has 0 bridgehead atoms. The van der Waals surface area contributed by atoms with Crippen LogP contribution in [0.4, 0.5) is 0 Å². The van der Waals surface area contributed by atoms with Gasteiger partial charge in [-0.2, -0.15) is 4.31 Å². The molecule has 116 valence electrons. The molecule has 0 saturated carbocycles. The average molecular weight is 332 g/mol. The Labute approximate surface area is 126 Å². The van der Waals surface area contributed by atoms with Crippen LogP contribution >= 0.6 is 11.3 Å². The number of sulfonamides is 1. The molecular formula is C12H16N2O5S2. The Balaban J connectivity index is 2.16. The van der Waals surface area contributed by atoms with E-state index >= 15 is 0 Å². The molecule has 9 heteroatoms. The van der Waals surface area contributed by atoms with Crippen LogP contribution in [0.25, 0.3) is 0 Å². The Morgan fingerprint density at radius 2 is 2.00 bits per heavy atom. The van der Waals surface area contributed by atoms with Gasteiger partial charge in [0.1, 0.15) is 9.77 Å². The topological polar surface area (TPSA) is 95.0 Å². The highest BCUT2D eigenvalue weighted by Crippen LogP contribution is 2.24. The number of likely N-dealkylation sites (tertiary alicyclic amines) is 1. The maximum absolute atomic E-state index is 12.4. The van der Waals surface area contributed by atoms with Crippen molar-refractivity contribution in [2.24, 2.45) is 0 Å². The van der Waals surface area contributed by atoms with E-state index in [2.05, 4.69) is 0 Å². The van der Waals surface area contributed by atoms with Gasteiger partial charge in [0.25, 0.3) is 0 Å². The van der Waals surface area contributed by atoms with Crippen molar-refractivity contribution in [2.75, 3.05) is 26.7 Å². The number of carboxylic acids is 1. The molecular weight excluding hydrogens is 316 g/mol. The second kappa shape index (κ2) is 6.12. The molecule has 1 N–H and O–H groups in total. The molecule has 0 aromatic carbocycles. The summed E-state index contributed by atoms with van der Waals surface area (Å²) >= 11 is 0.845. The Bertz CT molecular complexity index is 646. The fourth-order valence-electron chi connectivity index (χ4n) is 2.17. The quantitative estimate of drug-likeness (QED) is 0.856. The number of hydrogen-bond acceptors (Lipinski definition) is 5. The molecule has 0 atom stereocenters. The summed E-state index contributed by atoms with van der Waals surface area (Å²) in [7, 11) is -2.70. The molecule has 2 heterocycles. The van der Waals surface area contributed by atoms with E-state index in [1.165, 1.54) is 18.5 Å². The first-order valence-corrected chi connectivity index (χ1v) is 8.71. The Morgan fingerprint density at radius 1 is 1.38 bits per heavy atom. The molecule has 0 radical (unpaired) electrons. The van der Waals surface area contributed by atoms with Gasteiger partial charge in [0, 0.05) is 20.1 Å². The molecule has 0 aliphatic carbocycles. The lowest BCUT2D eigenvalue weighted by molar-refractivity contribution is -0.130. The summed E-state index contributed by atoms with van der Waals surface area (Å²) in [4.78, 5) is 24.1. The van der Waals surface area contributed by atoms with E-state index in [-0.39, 0.29) is 22.2 Å². The number of hydrogen-bond donors (Lipinski definition) is 1. The minimum atomic E-state index is -3.98. The number of nitrogens with zero attached hydrogens (tertiary/aromatic N) is 2. The van der Waals surface area contributed by atoms with E-state index in [1.807, 2.05) is 0 Å². The number of aromatic carboxylic acids is 1. The largest absolute Gasteiger partial charge is 0.477 e. The van der Waals surface area contributed by atoms with Crippen LogP contribution in [0, 0.1) is 0 Å². The fraction of sp³-hybridized carbons (Fsp3) is 0.500. The van der Waals surface area contributed by atoms with Crippen LogP contribution < -0.4 is 0 Å². The molecule has 0 spiro atoms. The molecule has 0 unspecified atom stereocenters. The highest BCUT2D eigenvalue weighted by Gasteiger charge is 2.30. The molecule has 1 aromatic heterocycles. The van der Waals surface area contributed by atoms with Crippen LogP contribution in [0.5, 0.6) is 0 Å². The Kier molecular flexibility index (Phi) is 4.64. The summed E-state index contributed by atoms with van der Waals surface area (Å²) in [6, 6.07) is 1.25. The van der Waals surface area contributed by atoms with Crippen LogP contribution in [-0.4, -0.2) is 61.3 Å². The summed E-state index contributed by atoms with van der Waals surface area (Å²) in [5, 5.41) is 10.4. The van der Waals surface area contributed by atoms with Gasteiger partial charge in [0.2, 0.25) is 15.9 Å². The van der Waals surface area contributed by atoms with Crippen molar-refractivity contribution in [2.45, 2.75) is 17.7 Å². The summed E-state index contributed by atoms with van der Waals surface area (Å²) in [6.07, 6.45) is 1.85. The zero-order chi connectivity index (χ0) is 15.6.